The van der Waals surface area contributed by atoms with Crippen LogP contribution in [0.25, 0.3) is 6.08 Å². The molecule has 0 bridgehead atoms. The van der Waals surface area contributed by atoms with E-state index in [2.05, 4.69) is 14.8 Å². The lowest BCUT2D eigenvalue weighted by Crippen LogP contribution is -2.38. The zero-order valence-electron chi connectivity index (χ0n) is 15.1. The SMILES string of the molecule is CN(C)C(=O)c1cccc2c1OCCC(C(=O)NC(N)=NOS(C)(=O)=O)=C2. The van der Waals surface area contributed by atoms with E-state index < -0.39 is 22.0 Å². The summed E-state index contributed by atoms with van der Waals surface area (Å²) < 4.78 is 31.6. The summed E-state index contributed by atoms with van der Waals surface area (Å²) in [6.07, 6.45) is 2.62. The van der Waals surface area contributed by atoms with Gasteiger partial charge in [-0.2, -0.15) is 8.42 Å². The maximum atomic E-state index is 12.3. The molecule has 0 saturated heterocycles. The molecule has 3 N–H and O–H groups in total. The van der Waals surface area contributed by atoms with E-state index in [4.69, 9.17) is 10.5 Å². The first kappa shape index (κ1) is 20.2. The molecule has 0 atom stereocenters. The third kappa shape index (κ3) is 5.45. The van der Waals surface area contributed by atoms with Crippen molar-refractivity contribution in [3.63, 3.8) is 0 Å². The van der Waals surface area contributed by atoms with Gasteiger partial charge in [0.2, 0.25) is 5.96 Å². The molecular weight excluding hydrogens is 376 g/mol. The number of nitrogens with two attached hydrogens (primary N) is 1. The molecule has 0 radical (unpaired) electrons. The fourth-order valence-electron chi connectivity index (χ4n) is 2.27. The standard InChI is InChI=1S/C16H20N4O6S/c1-20(2)15(22)12-6-4-5-10-9-11(7-8-25-13(10)12)14(21)18-16(17)19-26-27(3,23)24/h4-6,9H,7-8H2,1-3H3,(H3,17,18,19,21). The fraction of sp³-hybridized carbons (Fsp3) is 0.312. The highest BCUT2D eigenvalue weighted by Gasteiger charge is 2.21. The monoisotopic (exact) mass is 396 g/mol. The van der Waals surface area contributed by atoms with E-state index in [1.807, 2.05) is 0 Å². The highest BCUT2D eigenvalue weighted by molar-refractivity contribution is 7.85. The second-order valence-electron chi connectivity index (χ2n) is 5.90. The van der Waals surface area contributed by atoms with Crippen molar-refractivity contribution in [1.29, 1.82) is 0 Å². The molecule has 11 heteroatoms. The first-order valence-corrected chi connectivity index (χ1v) is 9.61. The number of oxime groups is 1. The number of carbonyl (C=O) groups excluding carboxylic acids is 2. The van der Waals surface area contributed by atoms with Crippen molar-refractivity contribution in [3.05, 3.63) is 34.9 Å². The summed E-state index contributed by atoms with van der Waals surface area (Å²) in [6, 6.07) is 5.05. The van der Waals surface area contributed by atoms with Crippen molar-refractivity contribution >= 4 is 34.0 Å². The lowest BCUT2D eigenvalue weighted by atomic mass is 10.0. The van der Waals surface area contributed by atoms with Gasteiger partial charge in [0.1, 0.15) is 5.75 Å². The number of fused-ring (bicyclic) bond motifs is 1. The largest absolute Gasteiger partial charge is 0.492 e. The van der Waals surface area contributed by atoms with Crippen LogP contribution in [0, 0.1) is 0 Å². The van der Waals surface area contributed by atoms with Crippen LogP contribution in [0.15, 0.2) is 28.9 Å². The summed E-state index contributed by atoms with van der Waals surface area (Å²) in [5.41, 5.74) is 6.71. The van der Waals surface area contributed by atoms with Crippen molar-refractivity contribution < 1.29 is 27.0 Å². The number of rotatable bonds is 4. The second-order valence-corrected chi connectivity index (χ2v) is 7.46. The maximum absolute atomic E-state index is 12.3. The van der Waals surface area contributed by atoms with E-state index in [9.17, 15) is 18.0 Å². The van der Waals surface area contributed by atoms with Crippen molar-refractivity contribution in [1.82, 2.24) is 10.2 Å². The van der Waals surface area contributed by atoms with Gasteiger partial charge in [0.25, 0.3) is 11.8 Å². The maximum Gasteiger partial charge on any atom is 0.325 e. The number of amides is 2. The number of hydrogen-bond acceptors (Lipinski definition) is 7. The van der Waals surface area contributed by atoms with Gasteiger partial charge < -0.3 is 15.4 Å². The normalized spacial score (nSPS) is 14.2. The Morgan fingerprint density at radius 1 is 1.33 bits per heavy atom. The first-order chi connectivity index (χ1) is 12.6. The number of ether oxygens (including phenoxy) is 1. The Labute approximate surface area is 156 Å². The minimum Gasteiger partial charge on any atom is -0.492 e. The summed E-state index contributed by atoms with van der Waals surface area (Å²) >= 11 is 0. The Hall–Kier alpha value is -3.08. The lowest BCUT2D eigenvalue weighted by Gasteiger charge is -2.15. The third-order valence-electron chi connectivity index (χ3n) is 3.43. The quantitative estimate of drug-likeness (QED) is 0.410. The fourth-order valence-corrected chi connectivity index (χ4v) is 2.48. The van der Waals surface area contributed by atoms with E-state index in [1.165, 1.54) is 4.90 Å². The zero-order valence-corrected chi connectivity index (χ0v) is 15.9. The van der Waals surface area contributed by atoms with Crippen molar-refractivity contribution in [2.45, 2.75) is 6.42 Å². The molecule has 0 aliphatic carbocycles. The minimum atomic E-state index is -3.83. The molecule has 1 aromatic rings. The smallest absolute Gasteiger partial charge is 0.325 e. The van der Waals surface area contributed by atoms with E-state index in [0.717, 1.165) is 6.26 Å². The Bertz CT molecular complexity index is 921. The molecule has 0 unspecified atom stereocenters. The molecule has 2 rings (SSSR count). The molecule has 1 aliphatic rings. The number of carbonyl (C=O) groups is 2. The van der Waals surface area contributed by atoms with Gasteiger partial charge in [-0.15, -0.1) is 0 Å². The van der Waals surface area contributed by atoms with E-state index in [0.29, 0.717) is 22.4 Å². The Morgan fingerprint density at radius 2 is 2.04 bits per heavy atom. The summed E-state index contributed by atoms with van der Waals surface area (Å²) in [6.45, 7) is 0.168. The van der Waals surface area contributed by atoms with Gasteiger partial charge in [0.15, 0.2) is 0 Å². The number of benzene rings is 1. The second kappa shape index (κ2) is 8.08. The van der Waals surface area contributed by atoms with Crippen LogP contribution in [0.1, 0.15) is 22.3 Å². The summed E-state index contributed by atoms with van der Waals surface area (Å²) in [7, 11) is -0.569. The molecule has 27 heavy (non-hydrogen) atoms. The molecule has 10 nitrogen and oxygen atoms in total. The van der Waals surface area contributed by atoms with Crippen molar-refractivity contribution in [2.24, 2.45) is 10.9 Å². The topological polar surface area (TPSA) is 140 Å². The number of nitrogens with one attached hydrogen (secondary N) is 1. The molecule has 1 heterocycles. The predicted molar refractivity (Wildman–Crippen MR) is 98.2 cm³/mol. The highest BCUT2D eigenvalue weighted by atomic mass is 32.2. The van der Waals surface area contributed by atoms with E-state index >= 15 is 0 Å². The molecule has 146 valence electrons. The van der Waals surface area contributed by atoms with Gasteiger partial charge in [-0.05, 0) is 17.3 Å². The van der Waals surface area contributed by atoms with Gasteiger partial charge in [-0.3, -0.25) is 19.2 Å². The minimum absolute atomic E-state index is 0.168. The molecule has 0 fully saturated rings. The highest BCUT2D eigenvalue weighted by Crippen LogP contribution is 2.30. The van der Waals surface area contributed by atoms with Crippen LogP contribution in [0.2, 0.25) is 0 Å². The average molecular weight is 396 g/mol. The van der Waals surface area contributed by atoms with Crippen LogP contribution < -0.4 is 15.8 Å². The Balaban J connectivity index is 2.26. The van der Waals surface area contributed by atoms with Gasteiger partial charge in [0.05, 0.1) is 18.4 Å². The van der Waals surface area contributed by atoms with Crippen LogP contribution >= 0.6 is 0 Å². The van der Waals surface area contributed by atoms with Crippen LogP contribution in [0.4, 0.5) is 0 Å². The third-order valence-corrected chi connectivity index (χ3v) is 3.78. The number of guanidine groups is 1. The van der Waals surface area contributed by atoms with Crippen LogP contribution in [0.3, 0.4) is 0 Å². The molecule has 0 spiro atoms. The molecule has 2 amide bonds. The predicted octanol–water partition coefficient (Wildman–Crippen LogP) is -0.124. The van der Waals surface area contributed by atoms with Crippen LogP contribution in [-0.2, 0) is 19.2 Å². The molecule has 0 aromatic heterocycles. The summed E-state index contributed by atoms with van der Waals surface area (Å²) in [4.78, 5) is 26.1. The average Bonchev–Trinajstić information content (AvgIpc) is 2.80. The first-order valence-electron chi connectivity index (χ1n) is 7.80. The van der Waals surface area contributed by atoms with E-state index in [1.54, 1.807) is 38.4 Å². The number of hydrogen-bond donors (Lipinski definition) is 2. The Kier molecular flexibility index (Phi) is 6.05. The summed E-state index contributed by atoms with van der Waals surface area (Å²) in [5, 5.41) is 5.36. The van der Waals surface area contributed by atoms with Crippen LogP contribution in [0.5, 0.6) is 5.75 Å². The van der Waals surface area contributed by atoms with Crippen molar-refractivity contribution in [3.8, 4) is 5.75 Å². The van der Waals surface area contributed by atoms with Gasteiger partial charge >= 0.3 is 10.1 Å². The molecular formula is C16H20N4O6S. The Morgan fingerprint density at radius 3 is 2.67 bits per heavy atom. The lowest BCUT2D eigenvalue weighted by molar-refractivity contribution is -0.116. The van der Waals surface area contributed by atoms with Crippen molar-refractivity contribution in [2.75, 3.05) is 27.0 Å². The molecule has 0 saturated carbocycles. The van der Waals surface area contributed by atoms with E-state index in [-0.39, 0.29) is 18.9 Å². The van der Waals surface area contributed by atoms with Gasteiger partial charge in [-0.1, -0.05) is 12.1 Å². The van der Waals surface area contributed by atoms with Gasteiger partial charge in [-0.25, -0.2) is 0 Å². The number of para-hydroxylation sites is 1. The molecule has 1 aliphatic heterocycles. The summed E-state index contributed by atoms with van der Waals surface area (Å²) in [5.74, 6) is -0.925. The van der Waals surface area contributed by atoms with Gasteiger partial charge in [0, 0.05) is 31.7 Å². The zero-order chi connectivity index (χ0) is 20.2. The van der Waals surface area contributed by atoms with Crippen LogP contribution in [-0.4, -0.2) is 58.0 Å². The number of nitrogens with zero attached hydrogens (tertiary/aromatic N) is 2. The molecule has 1 aromatic carbocycles.